The lowest BCUT2D eigenvalue weighted by atomic mass is 9.96. The number of anilines is 1. The van der Waals surface area contributed by atoms with Gasteiger partial charge in [0.05, 0.1) is 12.8 Å². The normalized spacial score (nSPS) is 18.2. The third kappa shape index (κ3) is 3.94. The van der Waals surface area contributed by atoms with E-state index >= 15 is 0 Å². The average molecular weight is 313 g/mol. The van der Waals surface area contributed by atoms with Crippen LogP contribution in [0.1, 0.15) is 33.0 Å². The van der Waals surface area contributed by atoms with E-state index in [2.05, 4.69) is 40.6 Å². The molecule has 122 valence electrons. The summed E-state index contributed by atoms with van der Waals surface area (Å²) in [7, 11) is 0. The molecule has 0 spiro atoms. The van der Waals surface area contributed by atoms with Crippen LogP contribution in [0.25, 0.3) is 0 Å². The van der Waals surface area contributed by atoms with Crippen LogP contribution in [0, 0.1) is 5.92 Å². The van der Waals surface area contributed by atoms with Gasteiger partial charge in [0.25, 0.3) is 0 Å². The van der Waals surface area contributed by atoms with Gasteiger partial charge in [-0.1, -0.05) is 20.8 Å². The van der Waals surface area contributed by atoms with Crippen molar-refractivity contribution in [3.05, 3.63) is 36.7 Å². The van der Waals surface area contributed by atoms with Gasteiger partial charge in [-0.2, -0.15) is 0 Å². The second-order valence-corrected chi connectivity index (χ2v) is 6.94. The number of nitrogens with zero attached hydrogens (tertiary/aromatic N) is 5. The quantitative estimate of drug-likeness (QED) is 0.864. The molecule has 0 radical (unpaired) electrons. The third-order valence-electron chi connectivity index (χ3n) is 3.93. The van der Waals surface area contributed by atoms with Crippen LogP contribution < -0.4 is 9.64 Å². The Labute approximate surface area is 137 Å². The molecule has 1 atom stereocenters. The highest BCUT2D eigenvalue weighted by Crippen LogP contribution is 2.25. The Morgan fingerprint density at radius 3 is 2.83 bits per heavy atom. The Morgan fingerprint density at radius 1 is 1.22 bits per heavy atom. The molecule has 1 aliphatic rings. The summed E-state index contributed by atoms with van der Waals surface area (Å²) in [6.07, 6.45) is 7.88. The first-order valence-corrected chi connectivity index (χ1v) is 7.99. The fourth-order valence-corrected chi connectivity index (χ4v) is 2.63. The van der Waals surface area contributed by atoms with Crippen molar-refractivity contribution in [3.63, 3.8) is 0 Å². The maximum Gasteiger partial charge on any atom is 0.232 e. The van der Waals surface area contributed by atoms with Gasteiger partial charge in [0.1, 0.15) is 11.6 Å². The van der Waals surface area contributed by atoms with Gasteiger partial charge in [-0.3, -0.25) is 4.98 Å². The molecule has 0 saturated carbocycles. The zero-order valence-corrected chi connectivity index (χ0v) is 13.9. The monoisotopic (exact) mass is 313 g/mol. The minimum atomic E-state index is -0.0375. The van der Waals surface area contributed by atoms with Gasteiger partial charge in [-0.15, -0.1) is 0 Å². The summed E-state index contributed by atoms with van der Waals surface area (Å²) in [5.41, 5.74) is -0.0375. The number of hydrogen-bond acceptors (Lipinski definition) is 6. The lowest BCUT2D eigenvalue weighted by molar-refractivity contribution is 0.251. The van der Waals surface area contributed by atoms with Crippen molar-refractivity contribution in [2.45, 2.75) is 32.6 Å². The van der Waals surface area contributed by atoms with Crippen molar-refractivity contribution >= 4 is 5.82 Å². The van der Waals surface area contributed by atoms with Crippen LogP contribution in [0.3, 0.4) is 0 Å². The molecule has 2 aromatic rings. The summed E-state index contributed by atoms with van der Waals surface area (Å²) in [5, 5.41) is 0. The summed E-state index contributed by atoms with van der Waals surface area (Å²) in [5.74, 6) is 2.95. The molecule has 1 aliphatic heterocycles. The number of ether oxygens (including phenoxy) is 1. The van der Waals surface area contributed by atoms with Crippen molar-refractivity contribution in [1.29, 1.82) is 0 Å². The SMILES string of the molecule is CC(C)(C)c1nccc(N2CCC(COc3cnccn3)C2)n1. The van der Waals surface area contributed by atoms with Gasteiger partial charge in [0, 0.05) is 43.0 Å². The Morgan fingerprint density at radius 2 is 2.09 bits per heavy atom. The lowest BCUT2D eigenvalue weighted by Gasteiger charge is -2.21. The van der Waals surface area contributed by atoms with Crippen molar-refractivity contribution in [1.82, 2.24) is 19.9 Å². The molecule has 1 fully saturated rings. The van der Waals surface area contributed by atoms with E-state index in [1.165, 1.54) is 0 Å². The summed E-state index contributed by atoms with van der Waals surface area (Å²) < 4.78 is 5.72. The molecule has 1 unspecified atom stereocenters. The van der Waals surface area contributed by atoms with Gasteiger partial charge >= 0.3 is 0 Å². The van der Waals surface area contributed by atoms with E-state index in [0.717, 1.165) is 31.2 Å². The minimum absolute atomic E-state index is 0.0375. The van der Waals surface area contributed by atoms with Crippen LogP contribution in [-0.2, 0) is 5.41 Å². The van der Waals surface area contributed by atoms with E-state index in [1.807, 2.05) is 12.3 Å². The fourth-order valence-electron chi connectivity index (χ4n) is 2.63. The lowest BCUT2D eigenvalue weighted by Crippen LogP contribution is -2.25. The molecule has 23 heavy (non-hydrogen) atoms. The number of hydrogen-bond donors (Lipinski definition) is 0. The molecular weight excluding hydrogens is 290 g/mol. The second kappa shape index (κ2) is 6.48. The Kier molecular flexibility index (Phi) is 4.41. The summed E-state index contributed by atoms with van der Waals surface area (Å²) >= 11 is 0. The van der Waals surface area contributed by atoms with Crippen LogP contribution in [0.4, 0.5) is 5.82 Å². The van der Waals surface area contributed by atoms with E-state index in [0.29, 0.717) is 18.4 Å². The molecule has 1 saturated heterocycles. The average Bonchev–Trinajstić information content (AvgIpc) is 3.02. The second-order valence-electron chi connectivity index (χ2n) is 6.94. The molecule has 0 N–H and O–H groups in total. The summed E-state index contributed by atoms with van der Waals surface area (Å²) in [4.78, 5) is 19.6. The molecule has 3 rings (SSSR count). The zero-order chi connectivity index (χ0) is 16.3. The first kappa shape index (κ1) is 15.6. The highest BCUT2D eigenvalue weighted by atomic mass is 16.5. The molecule has 0 aliphatic carbocycles. The van der Waals surface area contributed by atoms with Crippen molar-refractivity contribution in [2.24, 2.45) is 5.92 Å². The Balaban J connectivity index is 1.59. The highest BCUT2D eigenvalue weighted by molar-refractivity contribution is 5.39. The smallest absolute Gasteiger partial charge is 0.232 e. The zero-order valence-electron chi connectivity index (χ0n) is 13.9. The van der Waals surface area contributed by atoms with Gasteiger partial charge in [-0.25, -0.2) is 15.0 Å². The number of rotatable bonds is 4. The maximum atomic E-state index is 5.72. The van der Waals surface area contributed by atoms with Gasteiger partial charge in [0.2, 0.25) is 5.88 Å². The molecule has 2 aromatic heterocycles. The van der Waals surface area contributed by atoms with Crippen LogP contribution in [0.15, 0.2) is 30.9 Å². The van der Waals surface area contributed by atoms with E-state index in [-0.39, 0.29) is 5.41 Å². The largest absolute Gasteiger partial charge is 0.476 e. The van der Waals surface area contributed by atoms with Crippen molar-refractivity contribution in [3.8, 4) is 5.88 Å². The first-order chi connectivity index (χ1) is 11.0. The standard InChI is InChI=1S/C17H23N5O/c1-17(2,3)16-20-6-4-14(21-16)22-9-5-13(11-22)12-23-15-10-18-7-8-19-15/h4,6-8,10,13H,5,9,11-12H2,1-3H3. The van der Waals surface area contributed by atoms with E-state index in [1.54, 1.807) is 18.6 Å². The fraction of sp³-hybridized carbons (Fsp3) is 0.529. The third-order valence-corrected chi connectivity index (χ3v) is 3.93. The molecule has 0 aromatic carbocycles. The number of aromatic nitrogens is 4. The first-order valence-electron chi connectivity index (χ1n) is 7.99. The van der Waals surface area contributed by atoms with Crippen molar-refractivity contribution < 1.29 is 4.74 Å². The Bertz CT molecular complexity index is 641. The van der Waals surface area contributed by atoms with Gasteiger partial charge in [0.15, 0.2) is 0 Å². The van der Waals surface area contributed by atoms with Crippen LogP contribution >= 0.6 is 0 Å². The van der Waals surface area contributed by atoms with E-state index < -0.39 is 0 Å². The predicted octanol–water partition coefficient (Wildman–Crippen LogP) is 2.47. The van der Waals surface area contributed by atoms with E-state index in [9.17, 15) is 0 Å². The highest BCUT2D eigenvalue weighted by Gasteiger charge is 2.25. The molecule has 0 bridgehead atoms. The van der Waals surface area contributed by atoms with Gasteiger partial charge in [-0.05, 0) is 12.5 Å². The van der Waals surface area contributed by atoms with Crippen molar-refractivity contribution in [2.75, 3.05) is 24.6 Å². The molecule has 6 nitrogen and oxygen atoms in total. The predicted molar refractivity (Wildman–Crippen MR) is 88.6 cm³/mol. The van der Waals surface area contributed by atoms with Crippen LogP contribution in [0.5, 0.6) is 5.88 Å². The topological polar surface area (TPSA) is 64.0 Å². The van der Waals surface area contributed by atoms with Crippen LogP contribution in [0.2, 0.25) is 0 Å². The molecule has 3 heterocycles. The van der Waals surface area contributed by atoms with Gasteiger partial charge < -0.3 is 9.64 Å². The molecule has 0 amide bonds. The summed E-state index contributed by atoms with van der Waals surface area (Å²) in [6.45, 7) is 9.00. The Hall–Kier alpha value is -2.24. The van der Waals surface area contributed by atoms with Crippen LogP contribution in [-0.4, -0.2) is 39.6 Å². The molecular formula is C17H23N5O. The summed E-state index contributed by atoms with van der Waals surface area (Å²) in [6, 6.07) is 1.99. The maximum absolute atomic E-state index is 5.72. The minimum Gasteiger partial charge on any atom is -0.476 e. The molecule has 6 heteroatoms. The van der Waals surface area contributed by atoms with E-state index in [4.69, 9.17) is 9.72 Å².